The van der Waals surface area contributed by atoms with Crippen LogP contribution in [0.5, 0.6) is 0 Å². The number of carbonyl (C=O) groups excluding carboxylic acids is 1. The number of amides is 1. The van der Waals surface area contributed by atoms with E-state index < -0.39 is 28.8 Å². The van der Waals surface area contributed by atoms with Gasteiger partial charge in [-0.1, -0.05) is 24.9 Å². The molecule has 0 bridgehead atoms. The Morgan fingerprint density at radius 1 is 1.31 bits per heavy atom. The maximum atomic E-state index is 13.7. The second kappa shape index (κ2) is 9.66. The Morgan fingerprint density at radius 3 is 2.59 bits per heavy atom. The number of carbonyl (C=O) groups is 1. The first-order valence-electron chi connectivity index (χ1n) is 8.80. The molecule has 0 atom stereocenters. The molecule has 0 fully saturated rings. The fourth-order valence-electron chi connectivity index (χ4n) is 2.71. The van der Waals surface area contributed by atoms with Crippen molar-refractivity contribution in [2.75, 3.05) is 30.9 Å². The number of nitrogens with one attached hydrogen (secondary N) is 1. The van der Waals surface area contributed by atoms with Gasteiger partial charge in [0.2, 0.25) is 0 Å². The average Bonchev–Trinajstić information content (AvgIpc) is 2.66. The summed E-state index contributed by atoms with van der Waals surface area (Å²) in [4.78, 5) is 40.7. The molecule has 1 aromatic carbocycles. The number of benzene rings is 1. The summed E-state index contributed by atoms with van der Waals surface area (Å²) in [7, 11) is 1.38. The van der Waals surface area contributed by atoms with Gasteiger partial charge in [0.15, 0.2) is 17.3 Å². The predicted octanol–water partition coefficient (Wildman–Crippen LogP) is 2.14. The molecule has 0 saturated carbocycles. The molecule has 0 aliphatic carbocycles. The smallest absolute Gasteiger partial charge is 0.330 e. The highest BCUT2D eigenvalue weighted by Gasteiger charge is 2.27. The summed E-state index contributed by atoms with van der Waals surface area (Å²) in [6, 6.07) is 1.30. The molecule has 158 valence electrons. The number of aromatic nitrogens is 2. The van der Waals surface area contributed by atoms with Crippen LogP contribution in [-0.4, -0.2) is 35.7 Å². The van der Waals surface area contributed by atoms with Crippen molar-refractivity contribution in [2.24, 2.45) is 0 Å². The van der Waals surface area contributed by atoms with Crippen molar-refractivity contribution in [3.8, 4) is 0 Å². The van der Waals surface area contributed by atoms with Gasteiger partial charge in [-0.25, -0.2) is 13.6 Å². The highest BCUT2D eigenvalue weighted by Crippen LogP contribution is 2.25. The number of nitrogens with two attached hydrogens (primary N) is 1. The molecule has 1 amide bonds. The minimum atomic E-state index is -1.28. The molecule has 2 rings (SSSR count). The van der Waals surface area contributed by atoms with E-state index in [-0.39, 0.29) is 41.8 Å². The molecule has 0 radical (unpaired) electrons. The van der Waals surface area contributed by atoms with Crippen LogP contribution in [0.15, 0.2) is 21.7 Å². The second-order valence-corrected chi connectivity index (χ2v) is 6.60. The van der Waals surface area contributed by atoms with Crippen LogP contribution in [-0.2, 0) is 11.3 Å². The molecular formula is C18H21ClF2N4O4. The van der Waals surface area contributed by atoms with E-state index in [0.29, 0.717) is 18.6 Å². The van der Waals surface area contributed by atoms with E-state index in [1.165, 1.54) is 7.11 Å². The zero-order valence-electron chi connectivity index (χ0n) is 15.9. The van der Waals surface area contributed by atoms with E-state index in [9.17, 15) is 23.2 Å². The summed E-state index contributed by atoms with van der Waals surface area (Å²) in [5.74, 6) is -3.63. The largest absolute Gasteiger partial charge is 0.383 e. The van der Waals surface area contributed by atoms with E-state index >= 15 is 0 Å². The summed E-state index contributed by atoms with van der Waals surface area (Å²) in [6.45, 7) is 1.99. The number of H-pyrrole nitrogens is 1. The number of halogens is 3. The van der Waals surface area contributed by atoms with Gasteiger partial charge in [0.1, 0.15) is 5.82 Å². The number of unbranched alkanes of at least 4 members (excludes halogenated alkanes) is 1. The van der Waals surface area contributed by atoms with Gasteiger partial charge >= 0.3 is 5.69 Å². The Bertz CT molecular complexity index is 1020. The molecule has 0 aliphatic heterocycles. The number of hydrogen-bond acceptors (Lipinski definition) is 5. The molecule has 8 nitrogen and oxygen atoms in total. The van der Waals surface area contributed by atoms with Crippen LogP contribution in [0.1, 0.15) is 30.1 Å². The van der Waals surface area contributed by atoms with Gasteiger partial charge in [-0.15, -0.1) is 0 Å². The van der Waals surface area contributed by atoms with Crippen LogP contribution in [0.25, 0.3) is 0 Å². The summed E-state index contributed by atoms with van der Waals surface area (Å²) in [5.41, 5.74) is 3.76. The molecule has 0 saturated heterocycles. The van der Waals surface area contributed by atoms with Crippen LogP contribution in [0.3, 0.4) is 0 Å². The number of nitrogen functional groups attached to an aromatic ring is 1. The summed E-state index contributed by atoms with van der Waals surface area (Å²) < 4.78 is 33.2. The van der Waals surface area contributed by atoms with Crippen LogP contribution >= 0.6 is 11.6 Å². The Kier molecular flexibility index (Phi) is 7.52. The molecule has 1 heterocycles. The first-order valence-corrected chi connectivity index (χ1v) is 9.18. The van der Waals surface area contributed by atoms with Crippen molar-refractivity contribution < 1.29 is 18.3 Å². The van der Waals surface area contributed by atoms with Gasteiger partial charge in [0.05, 0.1) is 17.2 Å². The maximum Gasteiger partial charge on any atom is 0.330 e. The van der Waals surface area contributed by atoms with Crippen molar-refractivity contribution in [2.45, 2.75) is 26.3 Å². The topological polar surface area (TPSA) is 110 Å². The van der Waals surface area contributed by atoms with Crippen LogP contribution < -0.4 is 21.9 Å². The van der Waals surface area contributed by atoms with Gasteiger partial charge < -0.3 is 10.5 Å². The van der Waals surface area contributed by atoms with Gasteiger partial charge in [0, 0.05) is 20.2 Å². The molecule has 0 aliphatic rings. The number of hydrogen-bond donors (Lipinski definition) is 2. The molecule has 1 aromatic heterocycles. The Morgan fingerprint density at radius 2 is 1.97 bits per heavy atom. The maximum absolute atomic E-state index is 13.7. The quantitative estimate of drug-likeness (QED) is 0.623. The van der Waals surface area contributed by atoms with Crippen LogP contribution in [0, 0.1) is 11.6 Å². The highest BCUT2D eigenvalue weighted by molar-refractivity contribution is 6.34. The monoisotopic (exact) mass is 430 g/mol. The van der Waals surface area contributed by atoms with E-state index in [0.717, 1.165) is 15.9 Å². The minimum Gasteiger partial charge on any atom is -0.383 e. The van der Waals surface area contributed by atoms with Crippen molar-refractivity contribution in [3.05, 3.63) is 55.2 Å². The lowest BCUT2D eigenvalue weighted by molar-refractivity contribution is 0.0975. The highest BCUT2D eigenvalue weighted by atomic mass is 35.5. The number of ether oxygens (including phenoxy) is 1. The molecular weight excluding hydrogens is 410 g/mol. The predicted molar refractivity (Wildman–Crippen MR) is 106 cm³/mol. The van der Waals surface area contributed by atoms with E-state index in [1.54, 1.807) is 0 Å². The lowest BCUT2D eigenvalue weighted by Crippen LogP contribution is -2.42. The van der Waals surface area contributed by atoms with E-state index in [4.69, 9.17) is 22.1 Å². The van der Waals surface area contributed by atoms with Gasteiger partial charge in [0.25, 0.3) is 11.5 Å². The zero-order chi connectivity index (χ0) is 21.7. The van der Waals surface area contributed by atoms with Crippen LogP contribution in [0.4, 0.5) is 20.3 Å². The summed E-state index contributed by atoms with van der Waals surface area (Å²) in [5, 5.41) is -0.342. The first kappa shape index (κ1) is 22.6. The third-order valence-electron chi connectivity index (χ3n) is 4.22. The second-order valence-electron chi connectivity index (χ2n) is 6.19. The molecule has 0 unspecified atom stereocenters. The fraction of sp³-hybridized carbons (Fsp3) is 0.389. The normalized spacial score (nSPS) is 10.9. The van der Waals surface area contributed by atoms with Gasteiger partial charge in [-0.2, -0.15) is 0 Å². The van der Waals surface area contributed by atoms with Crippen molar-refractivity contribution in [3.63, 3.8) is 0 Å². The standard InChI is InChI=1S/C18H21ClF2N4O4/c1-3-4-5-25-15(22)14(16(26)23-18(25)28)24(6-7-29-2)17(27)10-8-12(20)13(21)9-11(10)19/h8-9H,3-7,22H2,1-2H3,(H,23,26,28). The minimum absolute atomic E-state index is 0.00000228. The van der Waals surface area contributed by atoms with E-state index in [2.05, 4.69) is 4.98 Å². The van der Waals surface area contributed by atoms with Gasteiger partial charge in [-0.05, 0) is 18.6 Å². The zero-order valence-corrected chi connectivity index (χ0v) is 16.7. The van der Waals surface area contributed by atoms with Crippen LogP contribution in [0.2, 0.25) is 5.02 Å². The van der Waals surface area contributed by atoms with E-state index in [1.807, 2.05) is 6.92 Å². The molecule has 2 aromatic rings. The summed E-state index contributed by atoms with van der Waals surface area (Å²) >= 11 is 5.91. The molecule has 3 N–H and O–H groups in total. The van der Waals surface area contributed by atoms with Crippen molar-refractivity contribution in [1.82, 2.24) is 9.55 Å². The third-order valence-corrected chi connectivity index (χ3v) is 4.54. The molecule has 0 spiro atoms. The van der Waals surface area contributed by atoms with Crippen molar-refractivity contribution in [1.29, 1.82) is 0 Å². The Balaban J connectivity index is 2.64. The Hall–Kier alpha value is -2.72. The number of methoxy groups -OCH3 is 1. The third kappa shape index (κ3) is 4.83. The lowest BCUT2D eigenvalue weighted by Gasteiger charge is -2.24. The van der Waals surface area contributed by atoms with Gasteiger partial charge in [-0.3, -0.25) is 24.0 Å². The lowest BCUT2D eigenvalue weighted by atomic mass is 10.1. The number of aromatic amines is 1. The molecule has 11 heteroatoms. The Labute approximate surface area is 169 Å². The first-order chi connectivity index (χ1) is 13.7. The SMILES string of the molecule is CCCCn1c(N)c(N(CCOC)C(=O)c2cc(F)c(F)cc2Cl)c(=O)[nH]c1=O. The number of nitrogens with zero attached hydrogens (tertiary/aromatic N) is 2. The van der Waals surface area contributed by atoms with Crippen molar-refractivity contribution >= 4 is 29.0 Å². The number of rotatable bonds is 8. The summed E-state index contributed by atoms with van der Waals surface area (Å²) in [6.07, 6.45) is 1.37. The average molecular weight is 431 g/mol. The molecule has 29 heavy (non-hydrogen) atoms. The number of anilines is 2. The fourth-order valence-corrected chi connectivity index (χ4v) is 2.94.